The number of hydrogen-bond donors (Lipinski definition) is 0. The number of amides is 2. The first kappa shape index (κ1) is 18.0. The van der Waals surface area contributed by atoms with E-state index in [0.29, 0.717) is 17.5 Å². The summed E-state index contributed by atoms with van der Waals surface area (Å²) in [6.07, 6.45) is 4.08. The molecule has 0 aliphatic carbocycles. The molecular formula is C21H21ClN2O3. The fourth-order valence-electron chi connectivity index (χ4n) is 4.12. The maximum Gasteiger partial charge on any atom is 0.261 e. The van der Waals surface area contributed by atoms with Crippen molar-refractivity contribution in [3.05, 3.63) is 41.5 Å². The number of nitrogens with zero attached hydrogens (tertiary/aromatic N) is 2. The van der Waals surface area contributed by atoms with Gasteiger partial charge in [0.15, 0.2) is 0 Å². The zero-order valence-corrected chi connectivity index (χ0v) is 15.8. The number of carbonyl (C=O) groups excluding carboxylic acids is 3. The first-order valence-electron chi connectivity index (χ1n) is 9.43. The van der Waals surface area contributed by atoms with Gasteiger partial charge in [-0.3, -0.25) is 19.3 Å². The highest BCUT2D eigenvalue weighted by molar-refractivity contribution is 6.63. The molecule has 0 aromatic heterocycles. The molecule has 0 N–H and O–H groups in total. The van der Waals surface area contributed by atoms with E-state index in [1.165, 1.54) is 11.3 Å². The van der Waals surface area contributed by atoms with Gasteiger partial charge in [0.2, 0.25) is 5.24 Å². The molecule has 0 radical (unpaired) electrons. The lowest BCUT2D eigenvalue weighted by atomic mass is 9.92. The largest absolute Gasteiger partial charge is 0.371 e. The second-order valence-electron chi connectivity index (χ2n) is 7.13. The van der Waals surface area contributed by atoms with Crippen LogP contribution >= 0.6 is 11.6 Å². The number of carbonyl (C=O) groups is 3. The second-order valence-corrected chi connectivity index (χ2v) is 7.55. The van der Waals surface area contributed by atoms with Gasteiger partial charge in [0.25, 0.3) is 11.8 Å². The Morgan fingerprint density at radius 2 is 1.67 bits per heavy atom. The molecule has 2 amide bonds. The molecule has 2 aromatic rings. The van der Waals surface area contributed by atoms with Crippen molar-refractivity contribution in [1.82, 2.24) is 4.90 Å². The number of imide groups is 1. The zero-order valence-electron chi connectivity index (χ0n) is 15.0. The minimum atomic E-state index is -0.458. The number of anilines is 1. The van der Waals surface area contributed by atoms with E-state index in [9.17, 15) is 14.4 Å². The molecule has 2 heterocycles. The van der Waals surface area contributed by atoms with Crippen molar-refractivity contribution in [1.29, 1.82) is 0 Å². The summed E-state index contributed by atoms with van der Waals surface area (Å²) in [5, 5.41) is 1.25. The van der Waals surface area contributed by atoms with E-state index >= 15 is 0 Å². The van der Waals surface area contributed by atoms with Crippen LogP contribution in [0, 0.1) is 0 Å². The second kappa shape index (κ2) is 7.31. The van der Waals surface area contributed by atoms with Gasteiger partial charge in [-0.1, -0.05) is 12.1 Å². The van der Waals surface area contributed by atoms with Gasteiger partial charge in [0.05, 0.1) is 0 Å². The number of piperidine rings is 1. The van der Waals surface area contributed by atoms with Crippen molar-refractivity contribution in [2.45, 2.75) is 32.1 Å². The molecule has 0 atom stereocenters. The van der Waals surface area contributed by atoms with E-state index in [1.807, 2.05) is 24.3 Å². The van der Waals surface area contributed by atoms with Crippen LogP contribution < -0.4 is 4.90 Å². The first-order chi connectivity index (χ1) is 13.1. The summed E-state index contributed by atoms with van der Waals surface area (Å²) in [7, 11) is 0. The Morgan fingerprint density at radius 3 is 2.37 bits per heavy atom. The molecule has 1 fully saturated rings. The molecule has 0 bridgehead atoms. The van der Waals surface area contributed by atoms with Crippen molar-refractivity contribution < 1.29 is 14.4 Å². The van der Waals surface area contributed by atoms with Crippen LogP contribution in [0.25, 0.3) is 10.8 Å². The average Bonchev–Trinajstić information content (AvgIpc) is 2.68. The van der Waals surface area contributed by atoms with Crippen LogP contribution in [-0.4, -0.2) is 41.6 Å². The highest BCUT2D eigenvalue weighted by atomic mass is 35.5. The van der Waals surface area contributed by atoms with Crippen molar-refractivity contribution in [3.63, 3.8) is 0 Å². The number of halogens is 1. The summed E-state index contributed by atoms with van der Waals surface area (Å²) in [5.41, 5.74) is 2.20. The third-order valence-corrected chi connectivity index (χ3v) is 5.61. The standard InChI is InChI=1S/C21H21ClN2O3/c22-18(25)8-5-13-24-20(26)15-7-4-6-14-17(23-11-2-1-3-12-23)10-9-16(19(14)15)21(24)27/h4,6-7,9-10H,1-3,5,8,11-13H2. The third kappa shape index (κ3) is 3.21. The molecule has 5 nitrogen and oxygen atoms in total. The number of benzene rings is 2. The van der Waals surface area contributed by atoms with Crippen LogP contribution in [0.1, 0.15) is 52.8 Å². The van der Waals surface area contributed by atoms with Crippen LogP contribution in [-0.2, 0) is 4.79 Å². The Kier molecular flexibility index (Phi) is 4.87. The molecule has 0 unspecified atom stereocenters. The Morgan fingerprint density at radius 1 is 0.963 bits per heavy atom. The fraction of sp³-hybridized carbons (Fsp3) is 0.381. The molecular weight excluding hydrogens is 364 g/mol. The van der Waals surface area contributed by atoms with Crippen LogP contribution in [0.3, 0.4) is 0 Å². The lowest BCUT2D eigenvalue weighted by Gasteiger charge is -2.32. The molecule has 2 aromatic carbocycles. The van der Waals surface area contributed by atoms with Gasteiger partial charge in [-0.05, 0) is 55.5 Å². The molecule has 1 saturated heterocycles. The lowest BCUT2D eigenvalue weighted by molar-refractivity contribution is -0.111. The van der Waals surface area contributed by atoms with Gasteiger partial charge in [0.1, 0.15) is 0 Å². The quantitative estimate of drug-likeness (QED) is 0.578. The molecule has 6 heteroatoms. The van der Waals surface area contributed by atoms with E-state index in [0.717, 1.165) is 42.4 Å². The average molecular weight is 385 g/mol. The summed E-state index contributed by atoms with van der Waals surface area (Å²) in [4.78, 5) is 40.4. The predicted octanol–water partition coefficient (Wildman–Crippen LogP) is 3.97. The molecule has 140 valence electrons. The molecule has 4 rings (SSSR count). The van der Waals surface area contributed by atoms with Gasteiger partial charge < -0.3 is 4.90 Å². The van der Waals surface area contributed by atoms with Gasteiger partial charge in [-0.2, -0.15) is 0 Å². The fourth-order valence-corrected chi connectivity index (χ4v) is 4.25. The first-order valence-corrected chi connectivity index (χ1v) is 9.81. The topological polar surface area (TPSA) is 57.7 Å². The van der Waals surface area contributed by atoms with E-state index in [2.05, 4.69) is 4.90 Å². The van der Waals surface area contributed by atoms with Gasteiger partial charge >= 0.3 is 0 Å². The van der Waals surface area contributed by atoms with Crippen LogP contribution in [0.2, 0.25) is 0 Å². The van der Waals surface area contributed by atoms with Crippen LogP contribution in [0.4, 0.5) is 5.69 Å². The zero-order chi connectivity index (χ0) is 19.0. The van der Waals surface area contributed by atoms with Gasteiger partial charge in [-0.15, -0.1) is 0 Å². The van der Waals surface area contributed by atoms with Crippen LogP contribution in [0.15, 0.2) is 30.3 Å². The molecule has 2 aliphatic heterocycles. The summed E-state index contributed by atoms with van der Waals surface area (Å²) < 4.78 is 0. The van der Waals surface area contributed by atoms with Crippen LogP contribution in [0.5, 0.6) is 0 Å². The Hall–Kier alpha value is -2.40. The molecule has 27 heavy (non-hydrogen) atoms. The Balaban J connectivity index is 1.75. The minimum absolute atomic E-state index is 0.142. The van der Waals surface area contributed by atoms with Gasteiger partial charge in [0, 0.05) is 53.6 Å². The maximum absolute atomic E-state index is 13.0. The number of rotatable bonds is 5. The summed E-state index contributed by atoms with van der Waals surface area (Å²) in [6, 6.07) is 9.49. The number of hydrogen-bond acceptors (Lipinski definition) is 4. The van der Waals surface area contributed by atoms with Crippen molar-refractivity contribution in [2.24, 2.45) is 0 Å². The summed E-state index contributed by atoms with van der Waals surface area (Å²) in [6.45, 7) is 2.19. The summed E-state index contributed by atoms with van der Waals surface area (Å²) in [5.74, 6) is -0.591. The molecule has 0 saturated carbocycles. The highest BCUT2D eigenvalue weighted by Gasteiger charge is 2.33. The van der Waals surface area contributed by atoms with Crippen molar-refractivity contribution >= 4 is 45.1 Å². The van der Waals surface area contributed by atoms with Crippen molar-refractivity contribution in [2.75, 3.05) is 24.5 Å². The normalized spacial score (nSPS) is 16.9. The maximum atomic E-state index is 13.0. The monoisotopic (exact) mass is 384 g/mol. The Labute approximate surface area is 162 Å². The third-order valence-electron chi connectivity index (χ3n) is 5.42. The lowest BCUT2D eigenvalue weighted by Crippen LogP contribution is -2.41. The van der Waals surface area contributed by atoms with E-state index in [4.69, 9.17) is 11.6 Å². The summed E-state index contributed by atoms with van der Waals surface area (Å²) >= 11 is 5.37. The van der Waals surface area contributed by atoms with E-state index in [-0.39, 0.29) is 24.8 Å². The van der Waals surface area contributed by atoms with E-state index < -0.39 is 5.24 Å². The Bertz CT molecular complexity index is 912. The minimum Gasteiger partial charge on any atom is -0.371 e. The smallest absolute Gasteiger partial charge is 0.261 e. The molecule has 0 spiro atoms. The highest BCUT2D eigenvalue weighted by Crippen LogP contribution is 2.36. The SMILES string of the molecule is O=C(Cl)CCCN1C(=O)c2cccc3c(N4CCCCC4)ccc(c23)C1=O. The van der Waals surface area contributed by atoms with Gasteiger partial charge in [-0.25, -0.2) is 0 Å². The molecule has 2 aliphatic rings. The van der Waals surface area contributed by atoms with Crippen molar-refractivity contribution in [3.8, 4) is 0 Å². The predicted molar refractivity (Wildman–Crippen MR) is 105 cm³/mol. The van der Waals surface area contributed by atoms with E-state index in [1.54, 1.807) is 6.07 Å².